The van der Waals surface area contributed by atoms with E-state index in [1.165, 1.54) is 0 Å². The first-order valence-corrected chi connectivity index (χ1v) is 0.716. The molecule has 0 unspecified atom stereocenters. The molecule has 0 spiro atoms. The number of carbonyl (C=O) groups is 1. The molecule has 0 atom stereocenters. The maximum atomic E-state index is 8.78. The molecule has 0 aliphatic carbocycles. The minimum Gasteiger partial charge on any atom is -0.465 e. The summed E-state index contributed by atoms with van der Waals surface area (Å²) in [6.45, 7) is 0. The first-order chi connectivity index (χ1) is 1.73. The summed E-state index contributed by atoms with van der Waals surface area (Å²) in [5, 5.41) is 7.19. The monoisotopic (exact) mass is 142 g/mol. The number of amides is 1. The van der Waals surface area contributed by atoms with Crippen LogP contribution in [0.15, 0.2) is 0 Å². The molecule has 0 radical (unpaired) electrons. The molecule has 34 valence electrons. The van der Waals surface area contributed by atoms with Crippen molar-refractivity contribution in [3.8, 4) is 0 Å². The summed E-state index contributed by atoms with van der Waals surface area (Å²) in [4.78, 5) is 8.78. The molecule has 0 aliphatic heterocycles. The number of hydrogen-bond donors (Lipinski definition) is 3. The van der Waals surface area contributed by atoms with Gasteiger partial charge in [-0.05, 0) is 0 Å². The van der Waals surface area contributed by atoms with E-state index in [0.29, 0.717) is 0 Å². The molecule has 6 heavy (non-hydrogen) atoms. The Morgan fingerprint density at radius 3 is 1.67 bits per heavy atom. The van der Waals surface area contributed by atoms with Gasteiger partial charge in [0.25, 0.3) is 0 Å². The molecule has 1 amide bonds. The van der Waals surface area contributed by atoms with Crippen LogP contribution in [-0.2, 0) is 19.5 Å². The number of primary amides is 1. The Hall–Kier alpha value is -0.147. The molecule has 0 fully saturated rings. The van der Waals surface area contributed by atoms with Gasteiger partial charge < -0.3 is 17.0 Å². The first kappa shape index (κ1) is 16.9. The summed E-state index contributed by atoms with van der Waals surface area (Å²) in [6.07, 6.45) is -1.33. The molecule has 0 rings (SSSR count). The predicted octanol–water partition coefficient (Wildman–Crippen LogP) is -0.217. The van der Waals surface area contributed by atoms with Crippen LogP contribution in [0.25, 0.3) is 0 Å². The molecule has 0 aromatic carbocycles. The normalized spacial score (nSPS) is 4.00. The average Bonchev–Trinajstić information content (AvgIpc) is 0.811. The maximum absolute atomic E-state index is 8.78. The Balaban J connectivity index is -0.0000000450. The van der Waals surface area contributed by atoms with E-state index in [0.717, 1.165) is 0 Å². The van der Waals surface area contributed by atoms with Crippen LogP contribution in [0.2, 0.25) is 0 Å². The van der Waals surface area contributed by atoms with Gasteiger partial charge in [0.1, 0.15) is 0 Å². The van der Waals surface area contributed by atoms with Crippen molar-refractivity contribution in [2.45, 2.75) is 0 Å². The van der Waals surface area contributed by atoms with Crippen LogP contribution in [0.3, 0.4) is 0 Å². The number of hydrogen-bond acceptors (Lipinski definition) is 2. The van der Waals surface area contributed by atoms with Crippen molar-refractivity contribution in [1.82, 2.24) is 6.15 Å². The predicted molar refractivity (Wildman–Crippen MR) is 17.2 cm³/mol. The smallest absolute Gasteiger partial charge is 0.402 e. The third kappa shape index (κ3) is 1460. The summed E-state index contributed by atoms with van der Waals surface area (Å²) in [7, 11) is 0. The molecular formula is CH6N2O2Zn. The second-order valence-corrected chi connectivity index (χ2v) is 0.338. The molecule has 0 bridgehead atoms. The van der Waals surface area contributed by atoms with Crippen LogP contribution in [0.1, 0.15) is 0 Å². The summed E-state index contributed by atoms with van der Waals surface area (Å²) < 4.78 is 0. The SMILES string of the molecule is N.NC(=O)O.[Zn]. The molecule has 6 N–H and O–H groups in total. The van der Waals surface area contributed by atoms with Crippen molar-refractivity contribution in [3.63, 3.8) is 0 Å². The van der Waals surface area contributed by atoms with Crippen LogP contribution in [0, 0.1) is 0 Å². The topological polar surface area (TPSA) is 98.3 Å². The van der Waals surface area contributed by atoms with E-state index in [1.807, 2.05) is 0 Å². The largest absolute Gasteiger partial charge is 0.465 e. The molecule has 0 aromatic heterocycles. The van der Waals surface area contributed by atoms with Crippen LogP contribution in [-0.4, -0.2) is 11.2 Å². The van der Waals surface area contributed by atoms with Gasteiger partial charge in [0.2, 0.25) is 0 Å². The van der Waals surface area contributed by atoms with Gasteiger partial charge in [-0.3, -0.25) is 0 Å². The van der Waals surface area contributed by atoms with Gasteiger partial charge in [-0.2, -0.15) is 0 Å². The number of rotatable bonds is 0. The molecule has 4 nitrogen and oxygen atoms in total. The van der Waals surface area contributed by atoms with E-state index in [-0.39, 0.29) is 25.6 Å². The fourth-order valence-corrected chi connectivity index (χ4v) is 0. The second kappa shape index (κ2) is 8.85. The van der Waals surface area contributed by atoms with Crippen LogP contribution < -0.4 is 11.9 Å². The standard InChI is InChI=1S/CH3NO2.H3N.Zn/c2-1(3)4;;/h2H2,(H,3,4);1H3;. The maximum Gasteiger partial charge on any atom is 0.402 e. The number of carboxylic acid groups (broad SMARTS) is 1. The summed E-state index contributed by atoms with van der Waals surface area (Å²) in [5.74, 6) is 0. The van der Waals surface area contributed by atoms with Gasteiger partial charge in [-0.25, -0.2) is 4.79 Å². The molecule has 0 heterocycles. The fourth-order valence-electron chi connectivity index (χ4n) is 0. The van der Waals surface area contributed by atoms with E-state index < -0.39 is 6.09 Å². The zero-order valence-corrected chi connectivity index (χ0v) is 6.31. The Morgan fingerprint density at radius 1 is 1.67 bits per heavy atom. The van der Waals surface area contributed by atoms with Crippen molar-refractivity contribution in [1.29, 1.82) is 0 Å². The van der Waals surface area contributed by atoms with Gasteiger partial charge >= 0.3 is 6.09 Å². The third-order valence-electron chi connectivity index (χ3n) is 0. The summed E-state index contributed by atoms with van der Waals surface area (Å²) in [6, 6.07) is 0. The molecule has 0 saturated heterocycles. The minimum absolute atomic E-state index is 0. The van der Waals surface area contributed by atoms with Gasteiger partial charge in [-0.15, -0.1) is 0 Å². The quantitative estimate of drug-likeness (QED) is 0.409. The van der Waals surface area contributed by atoms with E-state index in [4.69, 9.17) is 9.90 Å². The van der Waals surface area contributed by atoms with Gasteiger partial charge in [-0.1, -0.05) is 0 Å². The zero-order valence-electron chi connectivity index (χ0n) is 3.35. The Bertz CT molecular complexity index is 34.5. The molecule has 0 aliphatic rings. The van der Waals surface area contributed by atoms with Crippen molar-refractivity contribution in [2.75, 3.05) is 0 Å². The average molecular weight is 143 g/mol. The molecule has 0 saturated carbocycles. The Labute approximate surface area is 48.1 Å². The van der Waals surface area contributed by atoms with Crippen LogP contribution >= 0.6 is 0 Å². The van der Waals surface area contributed by atoms with Gasteiger partial charge in [0.05, 0.1) is 0 Å². The van der Waals surface area contributed by atoms with E-state index in [1.54, 1.807) is 0 Å². The first-order valence-electron chi connectivity index (χ1n) is 0.716. The van der Waals surface area contributed by atoms with Crippen LogP contribution in [0.5, 0.6) is 0 Å². The molecule has 5 heteroatoms. The van der Waals surface area contributed by atoms with E-state index >= 15 is 0 Å². The second-order valence-electron chi connectivity index (χ2n) is 0.338. The zero-order chi connectivity index (χ0) is 3.58. The summed E-state index contributed by atoms with van der Waals surface area (Å²) >= 11 is 0. The Kier molecular flexibility index (Phi) is 25.0. The number of nitrogens with two attached hydrogens (primary N) is 1. The van der Waals surface area contributed by atoms with E-state index in [2.05, 4.69) is 5.73 Å². The van der Waals surface area contributed by atoms with Crippen molar-refractivity contribution >= 4 is 6.09 Å². The molecular weight excluding hydrogens is 137 g/mol. The Morgan fingerprint density at radius 2 is 1.67 bits per heavy atom. The fraction of sp³-hybridized carbons (Fsp3) is 0. The molecule has 0 aromatic rings. The van der Waals surface area contributed by atoms with Crippen molar-refractivity contribution in [2.24, 2.45) is 5.73 Å². The van der Waals surface area contributed by atoms with Crippen molar-refractivity contribution < 1.29 is 29.4 Å². The van der Waals surface area contributed by atoms with E-state index in [9.17, 15) is 0 Å². The third-order valence-corrected chi connectivity index (χ3v) is 0. The van der Waals surface area contributed by atoms with Gasteiger partial charge in [0, 0.05) is 19.5 Å². The van der Waals surface area contributed by atoms with Gasteiger partial charge in [0.15, 0.2) is 0 Å². The minimum atomic E-state index is -1.33. The van der Waals surface area contributed by atoms with Crippen molar-refractivity contribution in [3.05, 3.63) is 0 Å². The van der Waals surface area contributed by atoms with Crippen LogP contribution in [0.4, 0.5) is 4.79 Å². The summed E-state index contributed by atoms with van der Waals surface area (Å²) in [5.41, 5.74) is 4.03.